The lowest BCUT2D eigenvalue weighted by Crippen LogP contribution is -2.51. The van der Waals surface area contributed by atoms with Crippen LogP contribution in [-0.2, 0) is 20.6 Å². The zero-order valence-corrected chi connectivity index (χ0v) is 15.6. The van der Waals surface area contributed by atoms with Gasteiger partial charge in [0, 0.05) is 26.2 Å². The summed E-state index contributed by atoms with van der Waals surface area (Å²) in [5, 5.41) is 0. The van der Waals surface area contributed by atoms with Crippen LogP contribution in [0.1, 0.15) is 5.56 Å². The van der Waals surface area contributed by atoms with Crippen LogP contribution in [0.15, 0.2) is 54.6 Å². The monoisotopic (exact) mass is 392 g/mol. The molecular formula is C19H21FN2O4S. The topological polar surface area (TPSA) is 66.9 Å². The van der Waals surface area contributed by atoms with Gasteiger partial charge in [-0.3, -0.25) is 4.79 Å². The summed E-state index contributed by atoms with van der Waals surface area (Å²) in [5.74, 6) is -0.139. The number of sulfonamides is 1. The highest BCUT2D eigenvalue weighted by Gasteiger charge is 2.29. The molecular weight excluding hydrogens is 371 g/mol. The number of piperazine rings is 1. The molecule has 0 atom stereocenters. The molecule has 144 valence electrons. The van der Waals surface area contributed by atoms with Crippen LogP contribution < -0.4 is 4.74 Å². The lowest BCUT2D eigenvalue weighted by Gasteiger charge is -2.34. The minimum Gasteiger partial charge on any atom is -0.484 e. The second-order valence-electron chi connectivity index (χ2n) is 6.26. The molecule has 0 radical (unpaired) electrons. The van der Waals surface area contributed by atoms with Crippen LogP contribution in [0.4, 0.5) is 4.39 Å². The normalized spacial score (nSPS) is 15.5. The van der Waals surface area contributed by atoms with E-state index < -0.39 is 15.8 Å². The SMILES string of the molecule is O=C(COc1ccccc1)N1CCN(S(=O)(=O)Cc2ccc(F)cc2)CC1. The van der Waals surface area contributed by atoms with Gasteiger partial charge in [0.05, 0.1) is 5.75 Å². The van der Waals surface area contributed by atoms with Crippen LogP contribution in [-0.4, -0.2) is 56.3 Å². The third-order valence-electron chi connectivity index (χ3n) is 4.35. The number of para-hydroxylation sites is 1. The van der Waals surface area contributed by atoms with Gasteiger partial charge in [-0.05, 0) is 29.8 Å². The number of halogens is 1. The van der Waals surface area contributed by atoms with E-state index in [1.807, 2.05) is 18.2 Å². The molecule has 0 N–H and O–H groups in total. The second kappa shape index (κ2) is 8.49. The second-order valence-corrected chi connectivity index (χ2v) is 8.23. The van der Waals surface area contributed by atoms with Crippen molar-refractivity contribution in [1.29, 1.82) is 0 Å². The molecule has 6 nitrogen and oxygen atoms in total. The lowest BCUT2D eigenvalue weighted by molar-refractivity contribution is -0.134. The Kier molecular flexibility index (Phi) is 6.08. The largest absolute Gasteiger partial charge is 0.484 e. The molecule has 3 rings (SSSR count). The average molecular weight is 392 g/mol. The summed E-state index contributed by atoms with van der Waals surface area (Å²) in [6.07, 6.45) is 0. The van der Waals surface area contributed by atoms with Gasteiger partial charge in [0.1, 0.15) is 11.6 Å². The summed E-state index contributed by atoms with van der Waals surface area (Å²) in [5.41, 5.74) is 0.533. The smallest absolute Gasteiger partial charge is 0.260 e. The standard InChI is InChI=1S/C19H21FN2O4S/c20-17-8-6-16(7-9-17)15-27(24,25)22-12-10-21(11-13-22)19(23)14-26-18-4-2-1-3-5-18/h1-9H,10-15H2. The van der Waals surface area contributed by atoms with E-state index in [1.165, 1.54) is 28.6 Å². The van der Waals surface area contributed by atoms with E-state index in [1.54, 1.807) is 17.0 Å². The Bertz CT molecular complexity index is 864. The summed E-state index contributed by atoms with van der Waals surface area (Å²) >= 11 is 0. The molecule has 1 amide bonds. The van der Waals surface area contributed by atoms with Crippen molar-refractivity contribution in [2.45, 2.75) is 5.75 Å². The number of nitrogens with zero attached hydrogens (tertiary/aromatic N) is 2. The summed E-state index contributed by atoms with van der Waals surface area (Å²) in [4.78, 5) is 13.9. The fraction of sp³-hybridized carbons (Fsp3) is 0.316. The Morgan fingerprint density at radius 1 is 0.963 bits per heavy atom. The van der Waals surface area contributed by atoms with Crippen molar-refractivity contribution >= 4 is 15.9 Å². The van der Waals surface area contributed by atoms with Gasteiger partial charge < -0.3 is 9.64 Å². The molecule has 1 fully saturated rings. The quantitative estimate of drug-likeness (QED) is 0.753. The van der Waals surface area contributed by atoms with E-state index in [-0.39, 0.29) is 31.4 Å². The van der Waals surface area contributed by atoms with Crippen molar-refractivity contribution in [2.24, 2.45) is 0 Å². The van der Waals surface area contributed by atoms with Gasteiger partial charge in [0.2, 0.25) is 10.0 Å². The van der Waals surface area contributed by atoms with E-state index in [0.717, 1.165) is 0 Å². The van der Waals surface area contributed by atoms with E-state index in [9.17, 15) is 17.6 Å². The fourth-order valence-corrected chi connectivity index (χ4v) is 4.37. The van der Waals surface area contributed by atoms with Crippen molar-refractivity contribution in [3.05, 3.63) is 66.0 Å². The number of carbonyl (C=O) groups excluding carboxylic acids is 1. The molecule has 8 heteroatoms. The van der Waals surface area contributed by atoms with Crippen molar-refractivity contribution in [3.63, 3.8) is 0 Å². The number of carbonyl (C=O) groups is 1. The van der Waals surface area contributed by atoms with Gasteiger partial charge in [-0.15, -0.1) is 0 Å². The highest BCUT2D eigenvalue weighted by molar-refractivity contribution is 7.88. The van der Waals surface area contributed by atoms with E-state index in [2.05, 4.69) is 0 Å². The van der Waals surface area contributed by atoms with E-state index >= 15 is 0 Å². The van der Waals surface area contributed by atoms with Gasteiger partial charge in [0.25, 0.3) is 5.91 Å². The summed E-state index contributed by atoms with van der Waals surface area (Å²) in [6, 6.07) is 14.5. The molecule has 0 bridgehead atoms. The molecule has 27 heavy (non-hydrogen) atoms. The number of ether oxygens (including phenoxy) is 1. The number of rotatable bonds is 6. The predicted octanol–water partition coefficient (Wildman–Crippen LogP) is 1.88. The molecule has 1 saturated heterocycles. The van der Waals surface area contributed by atoms with Crippen molar-refractivity contribution in [3.8, 4) is 5.75 Å². The van der Waals surface area contributed by atoms with Crippen molar-refractivity contribution in [2.75, 3.05) is 32.8 Å². The van der Waals surface area contributed by atoms with E-state index in [0.29, 0.717) is 24.4 Å². The highest BCUT2D eigenvalue weighted by Crippen LogP contribution is 2.15. The predicted molar refractivity (Wildman–Crippen MR) is 99.1 cm³/mol. The number of hydrogen-bond acceptors (Lipinski definition) is 4. The Balaban J connectivity index is 1.50. The molecule has 1 aliphatic heterocycles. The maximum absolute atomic E-state index is 13.0. The summed E-state index contributed by atoms with van der Waals surface area (Å²) in [7, 11) is -3.51. The third-order valence-corrected chi connectivity index (χ3v) is 6.20. The average Bonchev–Trinajstić information content (AvgIpc) is 2.69. The minimum atomic E-state index is -3.51. The van der Waals surface area contributed by atoms with Crippen LogP contribution >= 0.6 is 0 Å². The minimum absolute atomic E-state index is 0.0770. The van der Waals surface area contributed by atoms with Gasteiger partial charge in [0.15, 0.2) is 6.61 Å². The Hall–Kier alpha value is -2.45. The number of benzene rings is 2. The van der Waals surface area contributed by atoms with Crippen LogP contribution in [0.5, 0.6) is 5.75 Å². The zero-order valence-electron chi connectivity index (χ0n) is 14.8. The fourth-order valence-electron chi connectivity index (χ4n) is 2.85. The maximum atomic E-state index is 13.0. The maximum Gasteiger partial charge on any atom is 0.260 e. The van der Waals surface area contributed by atoms with Gasteiger partial charge in [-0.2, -0.15) is 4.31 Å². The first kappa shape index (κ1) is 19.3. The molecule has 0 unspecified atom stereocenters. The molecule has 0 aromatic heterocycles. The van der Waals surface area contributed by atoms with Gasteiger partial charge >= 0.3 is 0 Å². The molecule has 2 aromatic carbocycles. The first-order chi connectivity index (χ1) is 12.9. The third kappa shape index (κ3) is 5.27. The Morgan fingerprint density at radius 2 is 1.59 bits per heavy atom. The van der Waals surface area contributed by atoms with Crippen LogP contribution in [0, 0.1) is 5.82 Å². The van der Waals surface area contributed by atoms with Crippen LogP contribution in [0.2, 0.25) is 0 Å². The van der Waals surface area contributed by atoms with E-state index in [4.69, 9.17) is 4.74 Å². The first-order valence-corrected chi connectivity index (χ1v) is 10.2. The molecule has 1 heterocycles. The van der Waals surface area contributed by atoms with Crippen LogP contribution in [0.3, 0.4) is 0 Å². The van der Waals surface area contributed by atoms with Crippen LogP contribution in [0.25, 0.3) is 0 Å². The molecule has 2 aromatic rings. The highest BCUT2D eigenvalue weighted by atomic mass is 32.2. The summed E-state index contributed by atoms with van der Waals surface area (Å²) in [6.45, 7) is 1.03. The molecule has 0 saturated carbocycles. The number of amides is 1. The van der Waals surface area contributed by atoms with Crippen molar-refractivity contribution < 1.29 is 22.3 Å². The Labute approximate surface area is 158 Å². The van der Waals surface area contributed by atoms with Crippen molar-refractivity contribution in [1.82, 2.24) is 9.21 Å². The first-order valence-electron chi connectivity index (χ1n) is 8.62. The Morgan fingerprint density at radius 3 is 2.22 bits per heavy atom. The van der Waals surface area contributed by atoms with Gasteiger partial charge in [-0.25, -0.2) is 12.8 Å². The molecule has 1 aliphatic rings. The number of hydrogen-bond donors (Lipinski definition) is 0. The van der Waals surface area contributed by atoms with Gasteiger partial charge in [-0.1, -0.05) is 30.3 Å². The molecule has 0 aliphatic carbocycles. The zero-order chi connectivity index (χ0) is 19.3. The lowest BCUT2D eigenvalue weighted by atomic mass is 10.2. The summed E-state index contributed by atoms with van der Waals surface area (Å²) < 4.78 is 44.8. The molecule has 0 spiro atoms.